The van der Waals surface area contributed by atoms with Crippen molar-refractivity contribution in [1.29, 1.82) is 0 Å². The van der Waals surface area contributed by atoms with Crippen LogP contribution < -0.4 is 0 Å². The van der Waals surface area contributed by atoms with Crippen LogP contribution in [-0.4, -0.2) is 5.92 Å². The lowest BCUT2D eigenvalue weighted by atomic mass is 9.68. The van der Waals surface area contributed by atoms with Crippen molar-refractivity contribution in [1.82, 2.24) is 0 Å². The van der Waals surface area contributed by atoms with Crippen molar-refractivity contribution in [3.05, 3.63) is 35.1 Å². The van der Waals surface area contributed by atoms with Crippen LogP contribution in [0.3, 0.4) is 0 Å². The summed E-state index contributed by atoms with van der Waals surface area (Å²) in [5.74, 6) is -5.60. The summed E-state index contributed by atoms with van der Waals surface area (Å²) in [7, 11) is 0. The van der Waals surface area contributed by atoms with E-state index in [1.54, 1.807) is 0 Å². The Morgan fingerprint density at radius 2 is 1.32 bits per heavy atom. The van der Waals surface area contributed by atoms with Crippen LogP contribution in [-0.2, 0) is 6.42 Å². The van der Waals surface area contributed by atoms with Gasteiger partial charge in [-0.05, 0) is 80.4 Å². The van der Waals surface area contributed by atoms with Gasteiger partial charge in [0.15, 0.2) is 17.5 Å². The highest BCUT2D eigenvalue weighted by atomic mass is 19.3. The molecule has 158 valence electrons. The molecule has 0 radical (unpaired) electrons. The van der Waals surface area contributed by atoms with E-state index in [9.17, 15) is 22.0 Å². The molecule has 0 bridgehead atoms. The molecular weight excluding hydrogens is 371 g/mol. The SMILES string of the molecule is CCC1CCC(C2CCC(C(F)(F)CCc3cc(F)c(F)c(F)c3)CC2)CC1. The molecule has 2 aliphatic rings. The molecule has 1 aromatic rings. The van der Waals surface area contributed by atoms with E-state index < -0.39 is 35.7 Å². The average Bonchev–Trinajstić information content (AvgIpc) is 2.70. The Hall–Kier alpha value is -1.13. The Kier molecular flexibility index (Phi) is 7.03. The van der Waals surface area contributed by atoms with Gasteiger partial charge in [-0.25, -0.2) is 22.0 Å². The maximum Gasteiger partial charge on any atom is 0.251 e. The van der Waals surface area contributed by atoms with Crippen LogP contribution in [0.1, 0.15) is 76.7 Å². The maximum absolute atomic E-state index is 14.7. The molecule has 0 aliphatic heterocycles. The van der Waals surface area contributed by atoms with Crippen molar-refractivity contribution < 1.29 is 22.0 Å². The molecule has 0 nitrogen and oxygen atoms in total. The number of benzene rings is 1. The Labute approximate surface area is 164 Å². The molecule has 0 amide bonds. The molecule has 0 atom stereocenters. The van der Waals surface area contributed by atoms with Crippen molar-refractivity contribution in [2.45, 2.75) is 83.5 Å². The monoisotopic (exact) mass is 402 g/mol. The average molecular weight is 402 g/mol. The first-order valence-corrected chi connectivity index (χ1v) is 10.8. The number of hydrogen-bond donors (Lipinski definition) is 0. The molecule has 3 rings (SSSR count). The van der Waals surface area contributed by atoms with Gasteiger partial charge in [-0.2, -0.15) is 0 Å². The summed E-state index contributed by atoms with van der Waals surface area (Å²) in [4.78, 5) is 0. The second kappa shape index (κ2) is 9.13. The summed E-state index contributed by atoms with van der Waals surface area (Å²) in [5, 5.41) is 0. The van der Waals surface area contributed by atoms with Gasteiger partial charge in [0.05, 0.1) is 0 Å². The highest BCUT2D eigenvalue weighted by molar-refractivity contribution is 5.19. The third kappa shape index (κ3) is 5.07. The Bertz CT molecular complexity index is 617. The van der Waals surface area contributed by atoms with E-state index >= 15 is 0 Å². The van der Waals surface area contributed by atoms with Crippen LogP contribution in [0.15, 0.2) is 12.1 Å². The highest BCUT2D eigenvalue weighted by Gasteiger charge is 2.42. The molecule has 0 spiro atoms. The number of hydrogen-bond acceptors (Lipinski definition) is 0. The van der Waals surface area contributed by atoms with Crippen LogP contribution in [0.5, 0.6) is 0 Å². The van der Waals surface area contributed by atoms with Crippen LogP contribution in [0.2, 0.25) is 0 Å². The predicted octanol–water partition coefficient (Wildman–Crippen LogP) is 7.69. The van der Waals surface area contributed by atoms with Crippen molar-refractivity contribution in [3.8, 4) is 0 Å². The summed E-state index contributed by atoms with van der Waals surface area (Å²) in [6.07, 6.45) is 8.46. The zero-order valence-electron chi connectivity index (χ0n) is 16.6. The molecule has 2 aliphatic carbocycles. The van der Waals surface area contributed by atoms with Crippen molar-refractivity contribution in [3.63, 3.8) is 0 Å². The minimum absolute atomic E-state index is 0.0810. The lowest BCUT2D eigenvalue weighted by Crippen LogP contribution is -2.34. The summed E-state index contributed by atoms with van der Waals surface area (Å²) in [5.41, 5.74) is 0.0810. The molecule has 28 heavy (non-hydrogen) atoms. The Morgan fingerprint density at radius 1 is 0.821 bits per heavy atom. The topological polar surface area (TPSA) is 0 Å². The van der Waals surface area contributed by atoms with Crippen LogP contribution >= 0.6 is 0 Å². The second-order valence-corrected chi connectivity index (χ2v) is 8.94. The normalized spacial score (nSPS) is 29.1. The predicted molar refractivity (Wildman–Crippen MR) is 101 cm³/mol. The molecule has 0 heterocycles. The summed E-state index contributed by atoms with van der Waals surface area (Å²) in [6, 6.07) is 1.63. The molecule has 0 saturated heterocycles. The van der Waals surface area contributed by atoms with Gasteiger partial charge in [0.1, 0.15) is 0 Å². The van der Waals surface area contributed by atoms with Crippen molar-refractivity contribution in [2.24, 2.45) is 23.7 Å². The fraction of sp³-hybridized carbons (Fsp3) is 0.739. The van der Waals surface area contributed by atoms with Crippen molar-refractivity contribution >= 4 is 0 Å². The lowest BCUT2D eigenvalue weighted by Gasteiger charge is -2.39. The fourth-order valence-electron chi connectivity index (χ4n) is 5.35. The molecule has 0 unspecified atom stereocenters. The number of rotatable bonds is 6. The smallest absolute Gasteiger partial charge is 0.207 e. The first-order valence-electron chi connectivity index (χ1n) is 10.8. The van der Waals surface area contributed by atoms with Gasteiger partial charge in [-0.15, -0.1) is 0 Å². The number of alkyl halides is 2. The van der Waals surface area contributed by atoms with Gasteiger partial charge in [0.2, 0.25) is 0 Å². The molecule has 2 fully saturated rings. The van der Waals surface area contributed by atoms with Crippen molar-refractivity contribution in [2.75, 3.05) is 0 Å². The molecule has 0 aromatic heterocycles. The van der Waals surface area contributed by atoms with Gasteiger partial charge in [0.25, 0.3) is 5.92 Å². The van der Waals surface area contributed by atoms with E-state index in [0.29, 0.717) is 24.7 Å². The molecule has 0 N–H and O–H groups in total. The fourth-order valence-corrected chi connectivity index (χ4v) is 5.35. The van der Waals surface area contributed by atoms with E-state index in [2.05, 4.69) is 6.92 Å². The third-order valence-corrected chi connectivity index (χ3v) is 7.30. The Morgan fingerprint density at radius 3 is 1.82 bits per heavy atom. The number of halogens is 5. The first-order chi connectivity index (χ1) is 13.3. The van der Waals surface area contributed by atoms with E-state index in [4.69, 9.17) is 0 Å². The summed E-state index contributed by atoms with van der Waals surface area (Å²) < 4.78 is 68.9. The molecular formula is C23H31F5. The minimum Gasteiger partial charge on any atom is -0.207 e. The van der Waals surface area contributed by atoms with E-state index in [1.807, 2.05) is 0 Å². The Balaban J connectivity index is 1.49. The molecule has 2 saturated carbocycles. The van der Waals surface area contributed by atoms with Gasteiger partial charge in [-0.3, -0.25) is 0 Å². The van der Waals surface area contributed by atoms with Crippen LogP contribution in [0, 0.1) is 41.1 Å². The van der Waals surface area contributed by atoms with Gasteiger partial charge >= 0.3 is 0 Å². The van der Waals surface area contributed by atoms with Crippen LogP contribution in [0.25, 0.3) is 0 Å². The minimum atomic E-state index is -2.85. The molecule has 1 aromatic carbocycles. The maximum atomic E-state index is 14.7. The van der Waals surface area contributed by atoms with Gasteiger partial charge < -0.3 is 0 Å². The van der Waals surface area contributed by atoms with E-state index in [0.717, 1.165) is 30.9 Å². The number of aryl methyl sites for hydroxylation is 1. The zero-order valence-corrected chi connectivity index (χ0v) is 16.6. The van der Waals surface area contributed by atoms with Gasteiger partial charge in [0, 0.05) is 12.3 Å². The zero-order chi connectivity index (χ0) is 20.3. The highest BCUT2D eigenvalue weighted by Crippen LogP contribution is 2.46. The summed E-state index contributed by atoms with van der Waals surface area (Å²) >= 11 is 0. The standard InChI is InChI=1S/C23H31F5/c1-2-15-3-5-17(6-4-15)18-7-9-19(10-8-18)23(27,28)12-11-16-13-20(24)22(26)21(25)14-16/h13-15,17-19H,2-12H2,1H3. The largest absolute Gasteiger partial charge is 0.251 e. The summed E-state index contributed by atoms with van der Waals surface area (Å²) in [6.45, 7) is 2.24. The van der Waals surface area contributed by atoms with E-state index in [-0.39, 0.29) is 12.0 Å². The molecule has 5 heteroatoms. The quantitative estimate of drug-likeness (QED) is 0.338. The van der Waals surface area contributed by atoms with Crippen LogP contribution in [0.4, 0.5) is 22.0 Å². The van der Waals surface area contributed by atoms with Gasteiger partial charge in [-0.1, -0.05) is 26.2 Å². The van der Waals surface area contributed by atoms with E-state index in [1.165, 1.54) is 32.1 Å². The first kappa shape index (κ1) is 21.6. The second-order valence-electron chi connectivity index (χ2n) is 8.94. The third-order valence-electron chi connectivity index (χ3n) is 7.30. The lowest BCUT2D eigenvalue weighted by molar-refractivity contribution is -0.0843.